The van der Waals surface area contributed by atoms with E-state index in [1.807, 2.05) is 29.2 Å². The second-order valence-corrected chi connectivity index (χ2v) is 10.2. The lowest BCUT2D eigenvalue weighted by molar-refractivity contribution is 0.249. The van der Waals surface area contributed by atoms with E-state index in [1.54, 1.807) is 13.3 Å². The van der Waals surface area contributed by atoms with Crippen LogP contribution in [-0.2, 0) is 6.54 Å². The van der Waals surface area contributed by atoms with Gasteiger partial charge in [0.2, 0.25) is 5.88 Å². The maximum Gasteiger partial charge on any atom is 0.212 e. The fourth-order valence-electron chi connectivity index (χ4n) is 5.38. The SMILES string of the molecule is COc1ccc(CN2CCN(c3ccc(-c4cc(C5=CCN(C)CC5)cn5ncc(C#N)c45)cn3)CC2)cn1. The molecule has 0 amide bonds. The highest BCUT2D eigenvalue weighted by Gasteiger charge is 2.20. The van der Waals surface area contributed by atoms with Crippen LogP contribution in [-0.4, -0.2) is 82.8 Å². The largest absolute Gasteiger partial charge is 0.481 e. The summed E-state index contributed by atoms with van der Waals surface area (Å²) in [6.07, 6.45) is 10.8. The third kappa shape index (κ3) is 5.21. The van der Waals surface area contributed by atoms with Gasteiger partial charge in [-0.05, 0) is 48.4 Å². The zero-order valence-corrected chi connectivity index (χ0v) is 22.4. The van der Waals surface area contributed by atoms with E-state index in [9.17, 15) is 5.26 Å². The molecule has 0 N–H and O–H groups in total. The maximum absolute atomic E-state index is 9.74. The molecule has 39 heavy (non-hydrogen) atoms. The number of piperazine rings is 1. The number of nitrogens with zero attached hydrogens (tertiary/aromatic N) is 8. The zero-order valence-electron chi connectivity index (χ0n) is 22.4. The maximum atomic E-state index is 9.74. The van der Waals surface area contributed by atoms with Crippen LogP contribution in [0.4, 0.5) is 5.82 Å². The Morgan fingerprint density at radius 1 is 0.974 bits per heavy atom. The highest BCUT2D eigenvalue weighted by Crippen LogP contribution is 2.32. The molecule has 4 aromatic heterocycles. The molecular weight excluding hydrogens is 488 g/mol. The molecule has 1 fully saturated rings. The fourth-order valence-corrected chi connectivity index (χ4v) is 5.38. The number of nitriles is 1. The summed E-state index contributed by atoms with van der Waals surface area (Å²) < 4.78 is 7.00. The molecule has 6 heterocycles. The first-order valence-corrected chi connectivity index (χ1v) is 13.3. The van der Waals surface area contributed by atoms with E-state index in [2.05, 4.69) is 68.2 Å². The van der Waals surface area contributed by atoms with E-state index < -0.39 is 0 Å². The summed E-state index contributed by atoms with van der Waals surface area (Å²) in [5, 5.41) is 14.2. The van der Waals surface area contributed by atoms with E-state index in [0.717, 1.165) is 80.3 Å². The zero-order chi connectivity index (χ0) is 26.8. The Kier molecular flexibility index (Phi) is 6.97. The minimum atomic E-state index is 0.571. The molecule has 0 saturated carbocycles. The molecule has 9 heteroatoms. The van der Waals surface area contributed by atoms with Crippen LogP contribution in [0.15, 0.2) is 61.2 Å². The van der Waals surface area contributed by atoms with Crippen molar-refractivity contribution in [2.75, 3.05) is 58.3 Å². The van der Waals surface area contributed by atoms with E-state index in [0.29, 0.717) is 11.4 Å². The van der Waals surface area contributed by atoms with Gasteiger partial charge < -0.3 is 14.5 Å². The van der Waals surface area contributed by atoms with Gasteiger partial charge in [0, 0.05) is 81.6 Å². The molecular formula is C30H32N8O. The number of anilines is 1. The van der Waals surface area contributed by atoms with Crippen LogP contribution in [0.1, 0.15) is 23.1 Å². The van der Waals surface area contributed by atoms with Crippen LogP contribution < -0.4 is 9.64 Å². The predicted octanol–water partition coefficient (Wildman–Crippen LogP) is 3.71. The lowest BCUT2D eigenvalue weighted by Crippen LogP contribution is -2.46. The second kappa shape index (κ2) is 10.8. The number of rotatable bonds is 6. The molecule has 9 nitrogen and oxygen atoms in total. The van der Waals surface area contributed by atoms with Gasteiger partial charge in [-0.1, -0.05) is 12.1 Å². The average Bonchev–Trinajstić information content (AvgIpc) is 3.41. The van der Waals surface area contributed by atoms with Crippen molar-refractivity contribution in [2.24, 2.45) is 0 Å². The molecule has 0 radical (unpaired) electrons. The van der Waals surface area contributed by atoms with Gasteiger partial charge in [-0.2, -0.15) is 10.4 Å². The first-order chi connectivity index (χ1) is 19.1. The lowest BCUT2D eigenvalue weighted by Gasteiger charge is -2.35. The van der Waals surface area contributed by atoms with Crippen LogP contribution in [0.3, 0.4) is 0 Å². The number of methoxy groups -OCH3 is 1. The highest BCUT2D eigenvalue weighted by molar-refractivity contribution is 5.87. The van der Waals surface area contributed by atoms with Gasteiger partial charge in [-0.15, -0.1) is 0 Å². The average molecular weight is 521 g/mol. The molecule has 198 valence electrons. The number of hydrogen-bond donors (Lipinski definition) is 0. The van der Waals surface area contributed by atoms with Gasteiger partial charge in [-0.25, -0.2) is 14.5 Å². The molecule has 0 spiro atoms. The monoisotopic (exact) mass is 520 g/mol. The standard InChI is InChI=1S/C30H32N8O/c1-35-9-7-23(8-10-35)25-15-27(30-26(16-31)19-34-38(30)21-25)24-4-5-28(32-18-24)37-13-11-36(12-14-37)20-22-3-6-29(39-2)33-17-22/h3-7,15,17-19,21H,8-14,20H2,1-2H3. The number of aromatic nitrogens is 4. The van der Waals surface area contributed by atoms with Gasteiger partial charge in [0.15, 0.2) is 0 Å². The van der Waals surface area contributed by atoms with Crippen LogP contribution in [0.5, 0.6) is 5.88 Å². The van der Waals surface area contributed by atoms with E-state index in [1.165, 1.54) is 11.1 Å². The van der Waals surface area contributed by atoms with E-state index >= 15 is 0 Å². The van der Waals surface area contributed by atoms with Crippen LogP contribution >= 0.6 is 0 Å². The Balaban J connectivity index is 1.20. The quantitative estimate of drug-likeness (QED) is 0.380. The molecule has 2 aliphatic heterocycles. The van der Waals surface area contributed by atoms with Crippen molar-refractivity contribution in [3.63, 3.8) is 0 Å². The third-order valence-corrected chi connectivity index (χ3v) is 7.68. The number of hydrogen-bond acceptors (Lipinski definition) is 8. The number of ether oxygens (including phenoxy) is 1. The van der Waals surface area contributed by atoms with Gasteiger partial charge in [0.25, 0.3) is 0 Å². The van der Waals surface area contributed by atoms with Crippen molar-refractivity contribution in [2.45, 2.75) is 13.0 Å². The Bertz CT molecular complexity index is 1530. The van der Waals surface area contributed by atoms with Crippen LogP contribution in [0.25, 0.3) is 22.2 Å². The van der Waals surface area contributed by atoms with Crippen molar-refractivity contribution in [1.29, 1.82) is 5.26 Å². The third-order valence-electron chi connectivity index (χ3n) is 7.68. The molecule has 6 rings (SSSR count). The Hall–Kier alpha value is -4.26. The Morgan fingerprint density at radius 2 is 1.85 bits per heavy atom. The fraction of sp³-hybridized carbons (Fsp3) is 0.333. The summed E-state index contributed by atoms with van der Waals surface area (Å²) in [6.45, 7) is 6.60. The Labute approximate surface area is 228 Å². The normalized spacial score (nSPS) is 16.7. The molecule has 0 aliphatic carbocycles. The minimum Gasteiger partial charge on any atom is -0.481 e. The van der Waals surface area contributed by atoms with Gasteiger partial charge >= 0.3 is 0 Å². The predicted molar refractivity (Wildman–Crippen MR) is 152 cm³/mol. The molecule has 0 bridgehead atoms. The first-order valence-electron chi connectivity index (χ1n) is 13.3. The Morgan fingerprint density at radius 3 is 2.51 bits per heavy atom. The van der Waals surface area contributed by atoms with Crippen LogP contribution in [0.2, 0.25) is 0 Å². The van der Waals surface area contributed by atoms with Crippen LogP contribution in [0, 0.1) is 11.3 Å². The summed E-state index contributed by atoms with van der Waals surface area (Å²) in [6, 6.07) is 12.7. The molecule has 0 aromatic carbocycles. The number of likely N-dealkylation sites (N-methyl/N-ethyl adjacent to an activating group) is 1. The second-order valence-electron chi connectivity index (χ2n) is 10.2. The van der Waals surface area contributed by atoms with Gasteiger partial charge in [0.05, 0.1) is 24.4 Å². The molecule has 0 unspecified atom stereocenters. The summed E-state index contributed by atoms with van der Waals surface area (Å²) in [7, 11) is 3.77. The van der Waals surface area contributed by atoms with Crippen molar-refractivity contribution < 1.29 is 4.74 Å². The van der Waals surface area contributed by atoms with E-state index in [4.69, 9.17) is 9.72 Å². The highest BCUT2D eigenvalue weighted by atomic mass is 16.5. The molecule has 1 saturated heterocycles. The van der Waals surface area contributed by atoms with E-state index in [-0.39, 0.29) is 0 Å². The van der Waals surface area contributed by atoms with Crippen molar-refractivity contribution in [3.05, 3.63) is 77.9 Å². The summed E-state index contributed by atoms with van der Waals surface area (Å²) in [4.78, 5) is 16.3. The lowest BCUT2D eigenvalue weighted by atomic mass is 9.96. The van der Waals surface area contributed by atoms with Gasteiger partial charge in [-0.3, -0.25) is 4.90 Å². The summed E-state index contributed by atoms with van der Waals surface area (Å²) in [5.74, 6) is 1.62. The first kappa shape index (κ1) is 25.0. The van der Waals surface area contributed by atoms with Gasteiger partial charge in [0.1, 0.15) is 11.9 Å². The molecule has 4 aromatic rings. The molecule has 2 aliphatic rings. The smallest absolute Gasteiger partial charge is 0.212 e. The van der Waals surface area contributed by atoms with Crippen molar-refractivity contribution in [1.82, 2.24) is 29.4 Å². The molecule has 0 atom stereocenters. The van der Waals surface area contributed by atoms with Crippen molar-refractivity contribution in [3.8, 4) is 23.1 Å². The topological polar surface area (TPSA) is 85.8 Å². The minimum absolute atomic E-state index is 0.571. The summed E-state index contributed by atoms with van der Waals surface area (Å²) in [5.41, 5.74) is 7.02. The number of fused-ring (bicyclic) bond motifs is 1. The summed E-state index contributed by atoms with van der Waals surface area (Å²) >= 11 is 0. The number of pyridine rings is 3. The van der Waals surface area contributed by atoms with Crippen molar-refractivity contribution >= 4 is 16.9 Å².